The number of aryl methyl sites for hydroxylation is 1. The lowest BCUT2D eigenvalue weighted by Crippen LogP contribution is -2.15. The van der Waals surface area contributed by atoms with Gasteiger partial charge in [-0.1, -0.05) is 17.7 Å². The molecule has 0 atom stereocenters. The quantitative estimate of drug-likeness (QED) is 0.908. The number of amides is 1. The number of rotatable bonds is 2. The SMILES string of the molecule is Cc1ccc(NC(=O)c2cncc(Cl)n2)c(F)c1. The average molecular weight is 266 g/mol. The Balaban J connectivity index is 2.21. The first-order chi connectivity index (χ1) is 8.56. The van der Waals surface area contributed by atoms with Crippen LogP contribution in [0, 0.1) is 12.7 Å². The fourth-order valence-corrected chi connectivity index (χ4v) is 1.51. The van der Waals surface area contributed by atoms with Gasteiger partial charge in [0, 0.05) is 0 Å². The summed E-state index contributed by atoms with van der Waals surface area (Å²) in [6, 6.07) is 4.52. The van der Waals surface area contributed by atoms with Crippen LogP contribution in [0.25, 0.3) is 0 Å². The first-order valence-electron chi connectivity index (χ1n) is 5.11. The zero-order chi connectivity index (χ0) is 13.1. The van der Waals surface area contributed by atoms with Crippen LogP contribution in [-0.2, 0) is 0 Å². The molecule has 0 saturated carbocycles. The molecule has 2 aromatic rings. The first kappa shape index (κ1) is 12.4. The van der Waals surface area contributed by atoms with Gasteiger partial charge in [0.25, 0.3) is 5.91 Å². The van der Waals surface area contributed by atoms with Gasteiger partial charge in [0.05, 0.1) is 18.1 Å². The van der Waals surface area contributed by atoms with E-state index in [9.17, 15) is 9.18 Å². The smallest absolute Gasteiger partial charge is 0.276 e. The van der Waals surface area contributed by atoms with Gasteiger partial charge in [-0.3, -0.25) is 9.78 Å². The number of hydrogen-bond acceptors (Lipinski definition) is 3. The van der Waals surface area contributed by atoms with Crippen LogP contribution in [0.3, 0.4) is 0 Å². The summed E-state index contributed by atoms with van der Waals surface area (Å²) in [6.07, 6.45) is 2.57. The van der Waals surface area contributed by atoms with E-state index in [-0.39, 0.29) is 16.5 Å². The highest BCUT2D eigenvalue weighted by molar-refractivity contribution is 6.29. The summed E-state index contributed by atoms with van der Waals surface area (Å²) < 4.78 is 13.5. The molecule has 2 rings (SSSR count). The topological polar surface area (TPSA) is 54.9 Å². The molecule has 0 saturated heterocycles. The van der Waals surface area contributed by atoms with E-state index in [0.29, 0.717) is 0 Å². The molecule has 0 aliphatic heterocycles. The van der Waals surface area contributed by atoms with Crippen LogP contribution in [0.2, 0.25) is 5.15 Å². The van der Waals surface area contributed by atoms with E-state index >= 15 is 0 Å². The maximum atomic E-state index is 13.5. The Hall–Kier alpha value is -2.01. The van der Waals surface area contributed by atoms with E-state index in [1.807, 2.05) is 0 Å². The van der Waals surface area contributed by atoms with E-state index in [0.717, 1.165) is 5.56 Å². The number of carbonyl (C=O) groups excluding carboxylic acids is 1. The number of hydrogen-bond donors (Lipinski definition) is 1. The number of benzene rings is 1. The number of halogens is 2. The van der Waals surface area contributed by atoms with E-state index in [1.165, 1.54) is 24.5 Å². The Labute approximate surface area is 108 Å². The number of anilines is 1. The Kier molecular flexibility index (Phi) is 3.53. The highest BCUT2D eigenvalue weighted by Crippen LogP contribution is 2.16. The molecule has 0 radical (unpaired) electrons. The van der Waals surface area contributed by atoms with Gasteiger partial charge in [-0.05, 0) is 24.6 Å². The number of carbonyl (C=O) groups is 1. The van der Waals surface area contributed by atoms with Crippen LogP contribution < -0.4 is 5.32 Å². The summed E-state index contributed by atoms with van der Waals surface area (Å²) in [5.41, 5.74) is 0.892. The van der Waals surface area contributed by atoms with Crippen LogP contribution in [0.1, 0.15) is 16.1 Å². The summed E-state index contributed by atoms with van der Waals surface area (Å²) in [4.78, 5) is 19.3. The predicted octanol–water partition coefficient (Wildman–Crippen LogP) is 2.83. The Bertz CT molecular complexity index is 604. The van der Waals surface area contributed by atoms with E-state index in [4.69, 9.17) is 11.6 Å². The number of nitrogens with zero attached hydrogens (tertiary/aromatic N) is 2. The lowest BCUT2D eigenvalue weighted by Gasteiger charge is -2.06. The van der Waals surface area contributed by atoms with Gasteiger partial charge in [-0.2, -0.15) is 0 Å². The molecule has 1 aromatic heterocycles. The third-order valence-electron chi connectivity index (χ3n) is 2.21. The summed E-state index contributed by atoms with van der Waals surface area (Å²) >= 11 is 5.62. The van der Waals surface area contributed by atoms with Gasteiger partial charge in [0.15, 0.2) is 0 Å². The molecule has 0 aliphatic rings. The minimum absolute atomic E-state index is 0.0301. The normalized spacial score (nSPS) is 10.2. The molecule has 18 heavy (non-hydrogen) atoms. The van der Waals surface area contributed by atoms with Crippen molar-refractivity contribution >= 4 is 23.2 Å². The largest absolute Gasteiger partial charge is 0.318 e. The summed E-state index contributed by atoms with van der Waals surface area (Å²) in [7, 11) is 0. The van der Waals surface area contributed by atoms with Crippen molar-refractivity contribution in [3.05, 3.63) is 52.8 Å². The van der Waals surface area contributed by atoms with Crippen LogP contribution >= 0.6 is 11.6 Å². The van der Waals surface area contributed by atoms with Gasteiger partial charge in [-0.15, -0.1) is 0 Å². The monoisotopic (exact) mass is 265 g/mol. The second-order valence-corrected chi connectivity index (χ2v) is 4.05. The highest BCUT2D eigenvalue weighted by Gasteiger charge is 2.11. The molecular weight excluding hydrogens is 257 g/mol. The third kappa shape index (κ3) is 2.81. The van der Waals surface area contributed by atoms with Gasteiger partial charge < -0.3 is 5.32 Å². The highest BCUT2D eigenvalue weighted by atomic mass is 35.5. The molecule has 0 bridgehead atoms. The van der Waals surface area contributed by atoms with Crippen molar-refractivity contribution < 1.29 is 9.18 Å². The van der Waals surface area contributed by atoms with Crippen molar-refractivity contribution in [1.29, 1.82) is 0 Å². The summed E-state index contributed by atoms with van der Waals surface area (Å²) in [5, 5.41) is 2.51. The second kappa shape index (κ2) is 5.10. The minimum Gasteiger partial charge on any atom is -0.318 e. The van der Waals surface area contributed by atoms with Gasteiger partial charge in [0.1, 0.15) is 16.7 Å². The van der Waals surface area contributed by atoms with Crippen LogP contribution in [0.4, 0.5) is 10.1 Å². The van der Waals surface area contributed by atoms with Gasteiger partial charge >= 0.3 is 0 Å². The average Bonchev–Trinajstić information content (AvgIpc) is 2.32. The standard InChI is InChI=1S/C12H9ClFN3O/c1-7-2-3-9(8(14)4-7)17-12(18)10-5-15-6-11(13)16-10/h2-6H,1H3,(H,17,18). The van der Waals surface area contributed by atoms with Crippen molar-refractivity contribution in [1.82, 2.24) is 9.97 Å². The van der Waals surface area contributed by atoms with Gasteiger partial charge in [0.2, 0.25) is 0 Å². The third-order valence-corrected chi connectivity index (χ3v) is 2.39. The predicted molar refractivity (Wildman–Crippen MR) is 66.1 cm³/mol. The van der Waals surface area contributed by atoms with Crippen molar-refractivity contribution in [2.24, 2.45) is 0 Å². The second-order valence-electron chi connectivity index (χ2n) is 3.66. The fraction of sp³-hybridized carbons (Fsp3) is 0.0833. The summed E-state index contributed by atoms with van der Waals surface area (Å²) in [5.74, 6) is -1.06. The minimum atomic E-state index is -0.562. The first-order valence-corrected chi connectivity index (χ1v) is 5.49. The lowest BCUT2D eigenvalue weighted by molar-refractivity contribution is 0.102. The molecule has 0 fully saturated rings. The van der Waals surface area contributed by atoms with Crippen LogP contribution in [0.5, 0.6) is 0 Å². The molecular formula is C12H9ClFN3O. The van der Waals surface area contributed by atoms with E-state index in [2.05, 4.69) is 15.3 Å². The zero-order valence-corrected chi connectivity index (χ0v) is 10.2. The molecule has 0 spiro atoms. The Morgan fingerprint density at radius 3 is 2.83 bits per heavy atom. The molecule has 0 unspecified atom stereocenters. The number of nitrogens with one attached hydrogen (secondary N) is 1. The summed E-state index contributed by atoms with van der Waals surface area (Å²) in [6.45, 7) is 1.76. The molecule has 6 heteroatoms. The molecule has 1 aromatic carbocycles. The fourth-order valence-electron chi connectivity index (χ4n) is 1.36. The van der Waals surface area contributed by atoms with Crippen LogP contribution in [0.15, 0.2) is 30.6 Å². The van der Waals surface area contributed by atoms with Crippen molar-refractivity contribution in [2.75, 3.05) is 5.32 Å². The number of aromatic nitrogens is 2. The van der Waals surface area contributed by atoms with Crippen molar-refractivity contribution in [3.8, 4) is 0 Å². The van der Waals surface area contributed by atoms with Crippen molar-refractivity contribution in [3.63, 3.8) is 0 Å². The molecule has 92 valence electrons. The Morgan fingerprint density at radius 1 is 1.39 bits per heavy atom. The van der Waals surface area contributed by atoms with E-state index < -0.39 is 11.7 Å². The lowest BCUT2D eigenvalue weighted by atomic mass is 10.2. The zero-order valence-electron chi connectivity index (χ0n) is 9.45. The molecule has 0 aliphatic carbocycles. The molecule has 1 amide bonds. The van der Waals surface area contributed by atoms with Crippen LogP contribution in [-0.4, -0.2) is 15.9 Å². The maximum absolute atomic E-state index is 13.5. The Morgan fingerprint density at radius 2 is 2.17 bits per heavy atom. The molecule has 1 N–H and O–H groups in total. The molecule has 1 heterocycles. The maximum Gasteiger partial charge on any atom is 0.276 e. The van der Waals surface area contributed by atoms with Gasteiger partial charge in [-0.25, -0.2) is 9.37 Å². The van der Waals surface area contributed by atoms with E-state index in [1.54, 1.807) is 13.0 Å². The van der Waals surface area contributed by atoms with Crippen molar-refractivity contribution in [2.45, 2.75) is 6.92 Å². The molecule has 4 nitrogen and oxygen atoms in total.